The van der Waals surface area contributed by atoms with E-state index in [0.29, 0.717) is 0 Å². The Hall–Kier alpha value is -1.57. The second-order valence-corrected chi connectivity index (χ2v) is 3.29. The minimum atomic E-state index is 0.946. The molecule has 1 N–H and O–H groups in total. The third kappa shape index (κ3) is 2.46. The molecule has 2 rings (SSSR count). The molecule has 1 aromatic carbocycles. The standard InChI is InChI=1S/C12H14N2/c1-2-5-11(6-3-1)7-8-12-13-9-4-10-14-12/h1-3,5-8H,4,9-10H2,(H,13,14). The quantitative estimate of drug-likeness (QED) is 0.751. The van der Waals surface area contributed by atoms with Crippen LogP contribution in [-0.2, 0) is 0 Å². The lowest BCUT2D eigenvalue weighted by Gasteiger charge is -2.10. The van der Waals surface area contributed by atoms with Gasteiger partial charge in [0.2, 0.25) is 0 Å². The minimum absolute atomic E-state index is 0.946. The van der Waals surface area contributed by atoms with Gasteiger partial charge in [-0.3, -0.25) is 4.99 Å². The fourth-order valence-corrected chi connectivity index (χ4v) is 1.40. The summed E-state index contributed by atoms with van der Waals surface area (Å²) in [6, 6.07) is 10.3. The predicted molar refractivity (Wildman–Crippen MR) is 60.4 cm³/mol. The summed E-state index contributed by atoms with van der Waals surface area (Å²) < 4.78 is 0. The Bertz CT molecular complexity index is 339. The van der Waals surface area contributed by atoms with Crippen LogP contribution in [0.25, 0.3) is 6.08 Å². The summed E-state index contributed by atoms with van der Waals surface area (Å²) in [5.41, 5.74) is 1.21. The lowest BCUT2D eigenvalue weighted by molar-refractivity contribution is 0.745. The fourth-order valence-electron chi connectivity index (χ4n) is 1.40. The molecule has 0 radical (unpaired) electrons. The van der Waals surface area contributed by atoms with E-state index in [2.05, 4.69) is 28.5 Å². The first kappa shape index (κ1) is 9.00. The fraction of sp³-hybridized carbons (Fsp3) is 0.250. The highest BCUT2D eigenvalue weighted by molar-refractivity contribution is 5.96. The summed E-state index contributed by atoms with van der Waals surface area (Å²) in [6.07, 6.45) is 5.26. The Morgan fingerprint density at radius 3 is 2.71 bits per heavy atom. The maximum atomic E-state index is 4.36. The van der Waals surface area contributed by atoms with Crippen molar-refractivity contribution in [2.24, 2.45) is 4.99 Å². The number of rotatable bonds is 2. The highest BCUT2D eigenvalue weighted by Gasteiger charge is 1.98. The lowest BCUT2D eigenvalue weighted by Crippen LogP contribution is -2.27. The van der Waals surface area contributed by atoms with Crippen molar-refractivity contribution < 1.29 is 0 Å². The van der Waals surface area contributed by atoms with Crippen LogP contribution in [0.4, 0.5) is 0 Å². The summed E-state index contributed by atoms with van der Waals surface area (Å²) in [7, 11) is 0. The van der Waals surface area contributed by atoms with Gasteiger partial charge in [0.05, 0.1) is 0 Å². The molecule has 0 spiro atoms. The Balaban J connectivity index is 2.03. The van der Waals surface area contributed by atoms with E-state index in [1.165, 1.54) is 5.56 Å². The minimum Gasteiger partial charge on any atom is -0.370 e. The van der Waals surface area contributed by atoms with Crippen molar-refractivity contribution in [3.05, 3.63) is 42.0 Å². The average Bonchev–Trinajstić information content (AvgIpc) is 2.29. The van der Waals surface area contributed by atoms with Crippen molar-refractivity contribution in [3.63, 3.8) is 0 Å². The summed E-state index contributed by atoms with van der Waals surface area (Å²) in [4.78, 5) is 4.36. The van der Waals surface area contributed by atoms with Gasteiger partial charge in [0.1, 0.15) is 5.84 Å². The van der Waals surface area contributed by atoms with Crippen LogP contribution in [0.2, 0.25) is 0 Å². The van der Waals surface area contributed by atoms with Gasteiger partial charge < -0.3 is 5.32 Å². The Morgan fingerprint density at radius 2 is 2.00 bits per heavy atom. The van der Waals surface area contributed by atoms with Gasteiger partial charge in [0, 0.05) is 13.1 Å². The van der Waals surface area contributed by atoms with E-state index in [9.17, 15) is 0 Å². The molecule has 0 fully saturated rings. The number of aliphatic imine (C=N–C) groups is 1. The van der Waals surface area contributed by atoms with Crippen LogP contribution in [0.1, 0.15) is 12.0 Å². The van der Waals surface area contributed by atoms with Crippen LogP contribution >= 0.6 is 0 Å². The van der Waals surface area contributed by atoms with Crippen molar-refractivity contribution in [2.75, 3.05) is 13.1 Å². The second-order valence-electron chi connectivity index (χ2n) is 3.29. The van der Waals surface area contributed by atoms with Crippen molar-refractivity contribution in [1.82, 2.24) is 5.32 Å². The van der Waals surface area contributed by atoms with Crippen molar-refractivity contribution in [3.8, 4) is 0 Å². The number of benzene rings is 1. The molecule has 2 nitrogen and oxygen atoms in total. The smallest absolute Gasteiger partial charge is 0.120 e. The molecular formula is C12H14N2. The number of nitrogens with one attached hydrogen (secondary N) is 1. The zero-order chi connectivity index (χ0) is 9.64. The SMILES string of the molecule is C(=Cc1ccccc1)C1=NCCCN1. The number of hydrogen-bond donors (Lipinski definition) is 1. The first-order chi connectivity index (χ1) is 6.95. The maximum absolute atomic E-state index is 4.36. The van der Waals surface area contributed by atoms with Crippen molar-refractivity contribution >= 4 is 11.9 Å². The maximum Gasteiger partial charge on any atom is 0.120 e. The van der Waals surface area contributed by atoms with Gasteiger partial charge in [-0.05, 0) is 18.1 Å². The van der Waals surface area contributed by atoms with E-state index in [-0.39, 0.29) is 0 Å². The molecule has 0 aromatic heterocycles. The highest BCUT2D eigenvalue weighted by atomic mass is 15.0. The highest BCUT2D eigenvalue weighted by Crippen LogP contribution is 2.01. The van der Waals surface area contributed by atoms with Gasteiger partial charge in [-0.25, -0.2) is 0 Å². The third-order valence-corrected chi connectivity index (χ3v) is 2.16. The Kier molecular flexibility index (Phi) is 2.96. The van der Waals surface area contributed by atoms with E-state index in [1.807, 2.05) is 24.3 Å². The van der Waals surface area contributed by atoms with Crippen LogP contribution in [0, 0.1) is 0 Å². The zero-order valence-electron chi connectivity index (χ0n) is 8.11. The molecule has 1 aliphatic heterocycles. The second kappa shape index (κ2) is 4.61. The van der Waals surface area contributed by atoms with Gasteiger partial charge in [0.15, 0.2) is 0 Å². The van der Waals surface area contributed by atoms with E-state index >= 15 is 0 Å². The van der Waals surface area contributed by atoms with Gasteiger partial charge in [0.25, 0.3) is 0 Å². The Morgan fingerprint density at radius 1 is 1.14 bits per heavy atom. The summed E-state index contributed by atoms with van der Waals surface area (Å²) >= 11 is 0. The van der Waals surface area contributed by atoms with Crippen molar-refractivity contribution in [1.29, 1.82) is 0 Å². The number of amidine groups is 1. The van der Waals surface area contributed by atoms with Gasteiger partial charge in [-0.2, -0.15) is 0 Å². The number of nitrogens with zero attached hydrogens (tertiary/aromatic N) is 1. The topological polar surface area (TPSA) is 24.4 Å². The third-order valence-electron chi connectivity index (χ3n) is 2.16. The Labute approximate surface area is 84.4 Å². The first-order valence-corrected chi connectivity index (χ1v) is 4.96. The van der Waals surface area contributed by atoms with Crippen molar-refractivity contribution in [2.45, 2.75) is 6.42 Å². The van der Waals surface area contributed by atoms with Crippen LogP contribution < -0.4 is 5.32 Å². The molecule has 0 amide bonds. The van der Waals surface area contributed by atoms with Gasteiger partial charge >= 0.3 is 0 Å². The molecular weight excluding hydrogens is 172 g/mol. The molecule has 1 aliphatic rings. The molecule has 72 valence electrons. The van der Waals surface area contributed by atoms with Crippen LogP contribution in [0.3, 0.4) is 0 Å². The molecule has 0 aliphatic carbocycles. The van der Waals surface area contributed by atoms with Gasteiger partial charge in [-0.15, -0.1) is 0 Å². The predicted octanol–water partition coefficient (Wildman–Crippen LogP) is 2.09. The van der Waals surface area contributed by atoms with Crippen LogP contribution in [0.5, 0.6) is 0 Å². The lowest BCUT2D eigenvalue weighted by atomic mass is 10.2. The summed E-state index contributed by atoms with van der Waals surface area (Å²) in [6.45, 7) is 1.99. The molecule has 14 heavy (non-hydrogen) atoms. The van der Waals surface area contributed by atoms with E-state index in [1.54, 1.807) is 0 Å². The van der Waals surface area contributed by atoms with E-state index in [0.717, 1.165) is 25.3 Å². The summed E-state index contributed by atoms with van der Waals surface area (Å²) in [5.74, 6) is 1.00. The zero-order valence-corrected chi connectivity index (χ0v) is 8.11. The monoisotopic (exact) mass is 186 g/mol. The molecule has 1 aromatic rings. The molecule has 0 saturated heterocycles. The molecule has 0 bridgehead atoms. The average molecular weight is 186 g/mol. The molecule has 1 heterocycles. The normalized spacial score (nSPS) is 16.4. The van der Waals surface area contributed by atoms with Gasteiger partial charge in [-0.1, -0.05) is 36.4 Å². The van der Waals surface area contributed by atoms with E-state index in [4.69, 9.17) is 0 Å². The molecule has 0 atom stereocenters. The number of hydrogen-bond acceptors (Lipinski definition) is 2. The largest absolute Gasteiger partial charge is 0.370 e. The van der Waals surface area contributed by atoms with E-state index < -0.39 is 0 Å². The molecule has 0 unspecified atom stereocenters. The molecule has 2 heteroatoms. The van der Waals surface area contributed by atoms with Crippen LogP contribution in [-0.4, -0.2) is 18.9 Å². The molecule has 0 saturated carbocycles. The van der Waals surface area contributed by atoms with Crippen LogP contribution in [0.15, 0.2) is 41.4 Å². The first-order valence-electron chi connectivity index (χ1n) is 4.96. The summed E-state index contributed by atoms with van der Waals surface area (Å²) in [5, 5.41) is 3.25.